The Morgan fingerprint density at radius 1 is 1.09 bits per heavy atom. The maximum absolute atomic E-state index is 13.5. The molecule has 1 atom stereocenters. The van der Waals surface area contributed by atoms with Crippen molar-refractivity contribution in [3.05, 3.63) is 75.9 Å². The van der Waals surface area contributed by atoms with Gasteiger partial charge in [0.15, 0.2) is 15.7 Å². The molecule has 0 saturated carbocycles. The van der Waals surface area contributed by atoms with E-state index < -0.39 is 15.9 Å². The van der Waals surface area contributed by atoms with Crippen LogP contribution < -0.4 is 16.6 Å². The van der Waals surface area contributed by atoms with Crippen molar-refractivity contribution in [2.45, 2.75) is 17.9 Å². The van der Waals surface area contributed by atoms with Gasteiger partial charge in [0.25, 0.3) is 5.56 Å². The van der Waals surface area contributed by atoms with Crippen LogP contribution in [0.4, 0.5) is 11.8 Å². The summed E-state index contributed by atoms with van der Waals surface area (Å²) in [6.45, 7) is 1.74. The Labute approximate surface area is 188 Å². The van der Waals surface area contributed by atoms with E-state index in [1.807, 2.05) is 6.07 Å². The topological polar surface area (TPSA) is 133 Å². The Kier molecular flexibility index (Phi) is 5.57. The number of nitrogens with two attached hydrogens (primary N) is 1. The first-order chi connectivity index (χ1) is 15.2. The maximum atomic E-state index is 13.5. The first-order valence-electron chi connectivity index (χ1n) is 9.52. The molecule has 0 bridgehead atoms. The van der Waals surface area contributed by atoms with E-state index in [4.69, 9.17) is 17.3 Å². The van der Waals surface area contributed by atoms with Crippen molar-refractivity contribution in [1.82, 2.24) is 19.5 Å². The van der Waals surface area contributed by atoms with Gasteiger partial charge in [0.2, 0.25) is 5.95 Å². The second kappa shape index (κ2) is 8.21. The summed E-state index contributed by atoms with van der Waals surface area (Å²) in [5.41, 5.74) is 6.34. The highest BCUT2D eigenvalue weighted by atomic mass is 35.5. The number of sulfone groups is 1. The van der Waals surface area contributed by atoms with Crippen LogP contribution in [0, 0.1) is 0 Å². The summed E-state index contributed by atoms with van der Waals surface area (Å²) >= 11 is 6.31. The normalized spacial score (nSPS) is 12.6. The molecule has 0 aliphatic carbocycles. The number of nitrogens with zero attached hydrogens (tertiary/aromatic N) is 4. The highest BCUT2D eigenvalue weighted by Gasteiger charge is 2.23. The number of para-hydroxylation sites is 1. The lowest BCUT2D eigenvalue weighted by molar-refractivity contribution is 0.601. The van der Waals surface area contributed by atoms with Crippen LogP contribution in [0.2, 0.25) is 5.02 Å². The summed E-state index contributed by atoms with van der Waals surface area (Å²) < 4.78 is 25.8. The van der Waals surface area contributed by atoms with Crippen molar-refractivity contribution in [3.8, 4) is 5.69 Å². The first kappa shape index (κ1) is 21.7. The Balaban J connectivity index is 1.94. The molecule has 0 fully saturated rings. The van der Waals surface area contributed by atoms with Gasteiger partial charge in [-0.25, -0.2) is 18.4 Å². The summed E-state index contributed by atoms with van der Waals surface area (Å²) in [6.07, 6.45) is 2.19. The van der Waals surface area contributed by atoms with Crippen LogP contribution in [0.15, 0.2) is 64.4 Å². The molecule has 4 rings (SSSR count). The van der Waals surface area contributed by atoms with Gasteiger partial charge in [0, 0.05) is 6.26 Å². The molecular formula is C21H19ClN6O3S. The number of anilines is 2. The van der Waals surface area contributed by atoms with E-state index in [0.717, 1.165) is 12.5 Å². The van der Waals surface area contributed by atoms with Gasteiger partial charge in [0.05, 0.1) is 33.9 Å². The van der Waals surface area contributed by atoms with Crippen LogP contribution in [0.25, 0.3) is 16.6 Å². The average molecular weight is 471 g/mol. The molecule has 4 aromatic rings. The van der Waals surface area contributed by atoms with Crippen LogP contribution >= 0.6 is 11.6 Å². The highest BCUT2D eigenvalue weighted by Crippen LogP contribution is 2.26. The van der Waals surface area contributed by atoms with E-state index in [2.05, 4.69) is 20.3 Å². The number of nitrogen functional groups attached to an aromatic ring is 1. The molecule has 32 heavy (non-hydrogen) atoms. The number of hydrogen-bond donors (Lipinski definition) is 2. The third kappa shape index (κ3) is 4.02. The SMILES string of the molecule is CC(Nc1nc(N)ncc1S(C)(=O)=O)c1nc2cccc(Cl)c2c(=O)n1-c1ccccc1. The summed E-state index contributed by atoms with van der Waals surface area (Å²) in [4.78, 5) is 25.9. The summed E-state index contributed by atoms with van der Waals surface area (Å²) in [7, 11) is -3.64. The van der Waals surface area contributed by atoms with Crippen LogP contribution in [0.3, 0.4) is 0 Å². The van der Waals surface area contributed by atoms with E-state index in [1.54, 1.807) is 49.4 Å². The Bertz CT molecular complexity index is 1490. The van der Waals surface area contributed by atoms with Crippen molar-refractivity contribution in [3.63, 3.8) is 0 Å². The fourth-order valence-corrected chi connectivity index (χ4v) is 4.30. The fourth-order valence-electron chi connectivity index (χ4n) is 3.35. The zero-order valence-corrected chi connectivity index (χ0v) is 18.7. The van der Waals surface area contributed by atoms with Crippen molar-refractivity contribution in [2.24, 2.45) is 0 Å². The second-order valence-corrected chi connectivity index (χ2v) is 9.55. The molecule has 2 aromatic carbocycles. The van der Waals surface area contributed by atoms with Crippen LogP contribution in [-0.2, 0) is 9.84 Å². The predicted octanol–water partition coefficient (Wildman–Crippen LogP) is 2.99. The Hall–Kier alpha value is -3.50. The third-order valence-electron chi connectivity index (χ3n) is 4.80. The molecule has 0 aliphatic rings. The minimum atomic E-state index is -3.64. The number of fused-ring (bicyclic) bond motifs is 1. The molecule has 0 aliphatic heterocycles. The average Bonchev–Trinajstić information content (AvgIpc) is 2.73. The van der Waals surface area contributed by atoms with Gasteiger partial charge < -0.3 is 11.1 Å². The molecule has 0 amide bonds. The second-order valence-electron chi connectivity index (χ2n) is 7.16. The molecule has 164 valence electrons. The van der Waals surface area contributed by atoms with E-state index in [1.165, 1.54) is 4.57 Å². The van der Waals surface area contributed by atoms with E-state index >= 15 is 0 Å². The van der Waals surface area contributed by atoms with Gasteiger partial charge in [-0.2, -0.15) is 4.98 Å². The number of nitrogens with one attached hydrogen (secondary N) is 1. The quantitative estimate of drug-likeness (QED) is 0.454. The van der Waals surface area contributed by atoms with Gasteiger partial charge >= 0.3 is 0 Å². The van der Waals surface area contributed by atoms with Crippen LogP contribution in [0.5, 0.6) is 0 Å². The number of aromatic nitrogens is 4. The minimum Gasteiger partial charge on any atom is -0.368 e. The van der Waals surface area contributed by atoms with Crippen LogP contribution in [0.1, 0.15) is 18.8 Å². The molecule has 1 unspecified atom stereocenters. The summed E-state index contributed by atoms with van der Waals surface area (Å²) in [5, 5.41) is 3.61. The third-order valence-corrected chi connectivity index (χ3v) is 6.21. The lowest BCUT2D eigenvalue weighted by Crippen LogP contribution is -2.28. The van der Waals surface area contributed by atoms with Gasteiger partial charge in [-0.3, -0.25) is 9.36 Å². The molecule has 2 aromatic heterocycles. The largest absolute Gasteiger partial charge is 0.368 e. The number of benzene rings is 2. The Morgan fingerprint density at radius 3 is 2.50 bits per heavy atom. The lowest BCUT2D eigenvalue weighted by atomic mass is 10.2. The van der Waals surface area contributed by atoms with Crippen molar-refractivity contribution in [1.29, 1.82) is 0 Å². The number of halogens is 1. The lowest BCUT2D eigenvalue weighted by Gasteiger charge is -2.21. The zero-order valence-electron chi connectivity index (χ0n) is 17.2. The van der Waals surface area contributed by atoms with Crippen molar-refractivity contribution >= 4 is 44.1 Å². The Morgan fingerprint density at radius 2 is 1.81 bits per heavy atom. The smallest absolute Gasteiger partial charge is 0.267 e. The molecule has 11 heteroatoms. The zero-order chi connectivity index (χ0) is 23.0. The maximum Gasteiger partial charge on any atom is 0.267 e. The number of rotatable bonds is 5. The summed E-state index contributed by atoms with van der Waals surface area (Å²) in [6, 6.07) is 13.4. The molecule has 0 spiro atoms. The standard InChI is InChI=1S/C21H19ClN6O3S/c1-12(25-18-16(32(2,30)31)11-24-21(23)27-18)19-26-15-10-6-9-14(22)17(15)20(29)28(19)13-7-4-3-5-8-13/h3-12H,1-2H3,(H3,23,24,25,27). The fraction of sp³-hybridized carbons (Fsp3) is 0.143. The molecular weight excluding hydrogens is 452 g/mol. The molecule has 3 N–H and O–H groups in total. The first-order valence-corrected chi connectivity index (χ1v) is 11.8. The van der Waals surface area contributed by atoms with Gasteiger partial charge in [-0.05, 0) is 31.2 Å². The van der Waals surface area contributed by atoms with E-state index in [-0.39, 0.29) is 27.6 Å². The highest BCUT2D eigenvalue weighted by molar-refractivity contribution is 7.90. The van der Waals surface area contributed by atoms with Crippen LogP contribution in [-0.4, -0.2) is 34.2 Å². The van der Waals surface area contributed by atoms with E-state index in [0.29, 0.717) is 22.1 Å². The molecule has 2 heterocycles. The predicted molar refractivity (Wildman–Crippen MR) is 124 cm³/mol. The van der Waals surface area contributed by atoms with Crippen molar-refractivity contribution < 1.29 is 8.42 Å². The minimum absolute atomic E-state index is 0.0209. The monoisotopic (exact) mass is 470 g/mol. The van der Waals surface area contributed by atoms with Gasteiger partial charge in [-0.1, -0.05) is 35.9 Å². The van der Waals surface area contributed by atoms with Gasteiger partial charge in [-0.15, -0.1) is 0 Å². The van der Waals surface area contributed by atoms with E-state index in [9.17, 15) is 13.2 Å². The molecule has 0 saturated heterocycles. The summed E-state index contributed by atoms with van der Waals surface area (Å²) in [5.74, 6) is 0.269. The number of hydrogen-bond acceptors (Lipinski definition) is 8. The molecule has 9 nitrogen and oxygen atoms in total. The molecule has 0 radical (unpaired) electrons. The van der Waals surface area contributed by atoms with Gasteiger partial charge in [0.1, 0.15) is 10.7 Å². The van der Waals surface area contributed by atoms with Crippen molar-refractivity contribution in [2.75, 3.05) is 17.3 Å².